The number of carboxylic acid groups (broad SMARTS) is 1. The van der Waals surface area contributed by atoms with E-state index in [9.17, 15) is 4.79 Å². The summed E-state index contributed by atoms with van der Waals surface area (Å²) in [6.45, 7) is 2.25. The topological polar surface area (TPSA) is 49.8 Å². The van der Waals surface area contributed by atoms with Gasteiger partial charge in [-0.25, -0.2) is 4.79 Å². The third-order valence-electron chi connectivity index (χ3n) is 4.05. The van der Waals surface area contributed by atoms with Crippen LogP contribution in [-0.2, 0) is 0 Å². The zero-order chi connectivity index (χ0) is 13.6. The van der Waals surface area contributed by atoms with Gasteiger partial charge in [0.05, 0.1) is 10.4 Å². The molecule has 0 bridgehead atoms. The van der Waals surface area contributed by atoms with Crippen molar-refractivity contribution >= 4 is 28.9 Å². The summed E-state index contributed by atoms with van der Waals surface area (Å²) in [5, 5.41) is 9.11. The molecule has 2 heterocycles. The van der Waals surface area contributed by atoms with Gasteiger partial charge in [-0.2, -0.15) is 0 Å². The van der Waals surface area contributed by atoms with Crippen molar-refractivity contribution < 1.29 is 14.6 Å². The van der Waals surface area contributed by atoms with Gasteiger partial charge >= 0.3 is 5.97 Å². The summed E-state index contributed by atoms with van der Waals surface area (Å²) < 4.78 is 6.35. The molecule has 0 spiro atoms. The first kappa shape index (κ1) is 13.2. The molecule has 6 heteroatoms. The van der Waals surface area contributed by atoms with Crippen molar-refractivity contribution in [3.8, 4) is 5.75 Å². The fraction of sp³-hybridized carbons (Fsp3) is 0.615. The molecule has 4 nitrogen and oxygen atoms in total. The van der Waals surface area contributed by atoms with E-state index in [2.05, 4.69) is 11.9 Å². The van der Waals surface area contributed by atoms with Crippen LogP contribution in [0.15, 0.2) is 6.07 Å². The van der Waals surface area contributed by atoms with Crippen LogP contribution in [0.5, 0.6) is 5.75 Å². The van der Waals surface area contributed by atoms with E-state index in [0.29, 0.717) is 21.9 Å². The average molecular weight is 302 g/mol. The molecule has 0 aromatic carbocycles. The molecule has 1 aliphatic carbocycles. The Labute approximate surface area is 120 Å². The molecular weight excluding hydrogens is 286 g/mol. The maximum absolute atomic E-state index is 11.1. The van der Waals surface area contributed by atoms with Crippen molar-refractivity contribution in [2.75, 3.05) is 20.1 Å². The van der Waals surface area contributed by atoms with Gasteiger partial charge in [-0.05, 0) is 31.7 Å². The van der Waals surface area contributed by atoms with E-state index in [1.807, 2.05) is 0 Å². The van der Waals surface area contributed by atoms with Crippen molar-refractivity contribution in [3.05, 3.63) is 15.3 Å². The van der Waals surface area contributed by atoms with Gasteiger partial charge in [-0.15, -0.1) is 11.3 Å². The van der Waals surface area contributed by atoms with E-state index < -0.39 is 5.97 Å². The number of halogens is 1. The lowest BCUT2D eigenvalue weighted by atomic mass is 10.0. The van der Waals surface area contributed by atoms with Gasteiger partial charge in [0.1, 0.15) is 5.75 Å². The Morgan fingerprint density at radius 3 is 2.68 bits per heavy atom. The molecule has 1 aromatic heterocycles. The Morgan fingerprint density at radius 2 is 2.11 bits per heavy atom. The van der Waals surface area contributed by atoms with Gasteiger partial charge in [0.25, 0.3) is 0 Å². The summed E-state index contributed by atoms with van der Waals surface area (Å²) in [6.07, 6.45) is 2.16. The minimum absolute atomic E-state index is 0.132. The highest BCUT2D eigenvalue weighted by Crippen LogP contribution is 2.41. The molecule has 2 aliphatic rings. The van der Waals surface area contributed by atoms with Crippen molar-refractivity contribution in [1.82, 2.24) is 4.90 Å². The molecule has 1 saturated heterocycles. The number of fused-ring (bicyclic) bond motifs is 1. The van der Waals surface area contributed by atoms with E-state index in [1.165, 1.54) is 0 Å². The minimum atomic E-state index is -0.968. The van der Waals surface area contributed by atoms with Gasteiger partial charge < -0.3 is 14.7 Å². The second-order valence-corrected chi connectivity index (χ2v) is 7.19. The number of thiophene rings is 1. The number of carboxylic acids is 1. The Bertz CT molecular complexity index is 490. The van der Waals surface area contributed by atoms with Gasteiger partial charge in [-0.1, -0.05) is 11.6 Å². The Kier molecular flexibility index (Phi) is 3.45. The largest absolute Gasteiger partial charge is 0.489 e. The van der Waals surface area contributed by atoms with Crippen LogP contribution in [0, 0.1) is 11.8 Å². The van der Waals surface area contributed by atoms with Gasteiger partial charge in [-0.3, -0.25) is 0 Å². The smallest absolute Gasteiger partial charge is 0.349 e. The number of carbonyl (C=O) groups is 1. The second kappa shape index (κ2) is 4.96. The number of rotatable bonds is 3. The third kappa shape index (κ3) is 2.59. The maximum atomic E-state index is 11.1. The third-order valence-corrected chi connectivity index (χ3v) is 5.28. The van der Waals surface area contributed by atoms with Gasteiger partial charge in [0.2, 0.25) is 0 Å². The Balaban J connectivity index is 1.69. The minimum Gasteiger partial charge on any atom is -0.489 e. The van der Waals surface area contributed by atoms with Crippen LogP contribution in [0.3, 0.4) is 0 Å². The van der Waals surface area contributed by atoms with Gasteiger partial charge in [0.15, 0.2) is 4.88 Å². The molecule has 1 saturated carbocycles. The highest BCUT2D eigenvalue weighted by molar-refractivity contribution is 7.18. The molecule has 0 amide bonds. The van der Waals surface area contributed by atoms with Crippen molar-refractivity contribution in [1.29, 1.82) is 0 Å². The van der Waals surface area contributed by atoms with E-state index in [1.54, 1.807) is 6.07 Å². The van der Waals surface area contributed by atoms with Crippen LogP contribution in [0.2, 0.25) is 4.34 Å². The lowest BCUT2D eigenvalue weighted by Gasteiger charge is -2.16. The predicted octanol–water partition coefficient (Wildman–Crippen LogP) is 2.82. The summed E-state index contributed by atoms with van der Waals surface area (Å²) in [6, 6.07) is 1.62. The van der Waals surface area contributed by atoms with Crippen LogP contribution in [-0.4, -0.2) is 42.2 Å². The van der Waals surface area contributed by atoms with Crippen LogP contribution < -0.4 is 4.74 Å². The lowest BCUT2D eigenvalue weighted by Crippen LogP contribution is -2.20. The first-order chi connectivity index (χ1) is 9.02. The Morgan fingerprint density at radius 1 is 1.47 bits per heavy atom. The lowest BCUT2D eigenvalue weighted by molar-refractivity contribution is 0.0695. The van der Waals surface area contributed by atoms with E-state index >= 15 is 0 Å². The molecule has 3 atom stereocenters. The highest BCUT2D eigenvalue weighted by atomic mass is 35.5. The van der Waals surface area contributed by atoms with Crippen LogP contribution in [0.25, 0.3) is 0 Å². The maximum Gasteiger partial charge on any atom is 0.349 e. The first-order valence-electron chi connectivity index (χ1n) is 6.40. The van der Waals surface area contributed by atoms with Crippen molar-refractivity contribution in [2.24, 2.45) is 11.8 Å². The van der Waals surface area contributed by atoms with Crippen molar-refractivity contribution in [3.63, 3.8) is 0 Å². The molecule has 1 N–H and O–H groups in total. The first-order valence-corrected chi connectivity index (χ1v) is 7.60. The standard InChI is InChI=1S/C13H16ClNO3S/c1-15-5-7-2-9(3-8(7)6-15)18-10-4-11(14)19-12(10)13(16)17/h4,7-9H,2-3,5-6H2,1H3,(H,16,17)/t7-,8+,9?. The SMILES string of the molecule is CN1C[C@H]2CC(Oc3cc(Cl)sc3C(=O)O)C[C@H]2C1. The molecule has 1 aromatic rings. The molecular formula is C13H16ClNO3S. The Hall–Kier alpha value is -0.780. The summed E-state index contributed by atoms with van der Waals surface area (Å²) in [7, 11) is 2.15. The van der Waals surface area contributed by atoms with E-state index in [0.717, 1.165) is 37.3 Å². The monoisotopic (exact) mass is 301 g/mol. The zero-order valence-corrected chi connectivity index (χ0v) is 12.2. The normalized spacial score (nSPS) is 30.5. The summed E-state index contributed by atoms with van der Waals surface area (Å²) >= 11 is 6.94. The number of hydrogen-bond acceptors (Lipinski definition) is 4. The summed E-state index contributed by atoms with van der Waals surface area (Å²) in [5.41, 5.74) is 0. The van der Waals surface area contributed by atoms with Crippen LogP contribution >= 0.6 is 22.9 Å². The molecule has 0 radical (unpaired) electrons. The molecule has 1 aliphatic heterocycles. The average Bonchev–Trinajstić information content (AvgIpc) is 2.91. The van der Waals surface area contributed by atoms with Crippen LogP contribution in [0.1, 0.15) is 22.5 Å². The van der Waals surface area contributed by atoms with Crippen LogP contribution in [0.4, 0.5) is 0 Å². The molecule has 19 heavy (non-hydrogen) atoms. The second-order valence-electron chi connectivity index (χ2n) is 5.50. The number of aromatic carboxylic acids is 1. The quantitative estimate of drug-likeness (QED) is 0.933. The molecule has 3 rings (SSSR count). The summed E-state index contributed by atoms with van der Waals surface area (Å²) in [5.74, 6) is 0.848. The highest BCUT2D eigenvalue weighted by Gasteiger charge is 2.41. The van der Waals surface area contributed by atoms with E-state index in [-0.39, 0.29) is 11.0 Å². The fourth-order valence-corrected chi connectivity index (χ4v) is 4.32. The number of nitrogens with zero attached hydrogens (tertiary/aromatic N) is 1. The fourth-order valence-electron chi connectivity index (χ4n) is 3.34. The predicted molar refractivity (Wildman–Crippen MR) is 74.4 cm³/mol. The zero-order valence-electron chi connectivity index (χ0n) is 10.6. The number of likely N-dealkylation sites (tertiary alicyclic amines) is 1. The summed E-state index contributed by atoms with van der Waals surface area (Å²) in [4.78, 5) is 13.7. The molecule has 2 fully saturated rings. The van der Waals surface area contributed by atoms with Crippen molar-refractivity contribution in [2.45, 2.75) is 18.9 Å². The molecule has 104 valence electrons. The van der Waals surface area contributed by atoms with E-state index in [4.69, 9.17) is 21.4 Å². The van der Waals surface area contributed by atoms with Gasteiger partial charge in [0, 0.05) is 19.2 Å². The molecule has 1 unspecified atom stereocenters. The number of ether oxygens (including phenoxy) is 1. The number of hydrogen-bond donors (Lipinski definition) is 1.